The highest BCUT2D eigenvalue weighted by molar-refractivity contribution is 5.96. The maximum absolute atomic E-state index is 10.9. The molecule has 100 valence electrons. The van der Waals surface area contributed by atoms with Gasteiger partial charge in [-0.15, -0.1) is 0 Å². The van der Waals surface area contributed by atoms with Crippen molar-refractivity contribution in [1.29, 1.82) is 0 Å². The van der Waals surface area contributed by atoms with Crippen molar-refractivity contribution in [1.82, 2.24) is 4.57 Å². The number of nitrogens with zero attached hydrogens (tertiary/aromatic N) is 1. The van der Waals surface area contributed by atoms with E-state index in [2.05, 4.69) is 4.57 Å². The molecule has 4 heteroatoms. The van der Waals surface area contributed by atoms with Crippen LogP contribution in [0.2, 0.25) is 0 Å². The van der Waals surface area contributed by atoms with Crippen molar-refractivity contribution in [2.45, 2.75) is 19.9 Å². The number of amides is 1. The van der Waals surface area contributed by atoms with E-state index in [9.17, 15) is 4.79 Å². The molecule has 0 aliphatic rings. The highest BCUT2D eigenvalue weighted by Crippen LogP contribution is 2.27. The Hall–Kier alpha value is -2.07. The maximum Gasteiger partial charge on any atom is 0.241 e. The molecule has 3 N–H and O–H groups in total. The van der Waals surface area contributed by atoms with Crippen molar-refractivity contribution < 1.29 is 9.90 Å². The topological polar surface area (TPSA) is 68.2 Å². The van der Waals surface area contributed by atoms with Crippen LogP contribution in [-0.2, 0) is 11.3 Å². The lowest BCUT2D eigenvalue weighted by Crippen LogP contribution is -2.05. The molecule has 1 aromatic carbocycles. The summed E-state index contributed by atoms with van der Waals surface area (Å²) in [5.41, 5.74) is 8.35. The second-order valence-electron chi connectivity index (χ2n) is 4.48. The second-order valence-corrected chi connectivity index (χ2v) is 4.48. The number of benzene rings is 1. The maximum atomic E-state index is 10.9. The van der Waals surface area contributed by atoms with Crippen LogP contribution in [0.25, 0.3) is 17.0 Å². The number of aryl methyl sites for hydroxylation is 1. The van der Waals surface area contributed by atoms with Gasteiger partial charge in [0.15, 0.2) is 0 Å². The minimum Gasteiger partial charge on any atom is -0.396 e. The predicted octanol–water partition coefficient (Wildman–Crippen LogP) is 1.83. The Labute approximate surface area is 112 Å². The van der Waals surface area contributed by atoms with Crippen molar-refractivity contribution >= 4 is 22.9 Å². The average molecular weight is 258 g/mol. The number of carbonyl (C=O) groups excluding carboxylic acids is 1. The molecule has 0 radical (unpaired) electrons. The van der Waals surface area contributed by atoms with Crippen molar-refractivity contribution in [2.75, 3.05) is 6.61 Å². The molecular weight excluding hydrogens is 240 g/mol. The monoisotopic (exact) mass is 258 g/mol. The van der Waals surface area contributed by atoms with Crippen LogP contribution in [0.5, 0.6) is 0 Å². The summed E-state index contributed by atoms with van der Waals surface area (Å²) in [7, 11) is 0. The number of para-hydroxylation sites is 1. The number of aromatic nitrogens is 1. The first-order chi connectivity index (χ1) is 9.15. The fourth-order valence-corrected chi connectivity index (χ4v) is 2.35. The minimum atomic E-state index is -0.452. The summed E-state index contributed by atoms with van der Waals surface area (Å²) in [5, 5.41) is 10.1. The van der Waals surface area contributed by atoms with E-state index in [-0.39, 0.29) is 6.61 Å². The first kappa shape index (κ1) is 13.4. The SMILES string of the molecule is Cc1c(/C=C/C(N)=O)c2ccccc2n1CCCO. The number of primary amides is 1. The van der Waals surface area contributed by atoms with Gasteiger partial charge in [-0.1, -0.05) is 18.2 Å². The molecular formula is C15H18N2O2. The van der Waals surface area contributed by atoms with Gasteiger partial charge in [-0.3, -0.25) is 4.79 Å². The Balaban J connectivity index is 2.56. The van der Waals surface area contributed by atoms with Gasteiger partial charge in [0.05, 0.1) is 0 Å². The summed E-state index contributed by atoms with van der Waals surface area (Å²) >= 11 is 0. The van der Waals surface area contributed by atoms with Crippen LogP contribution in [0.15, 0.2) is 30.3 Å². The normalized spacial score (nSPS) is 11.5. The Bertz CT molecular complexity index is 626. The molecule has 1 aromatic heterocycles. The lowest BCUT2D eigenvalue weighted by molar-refractivity contribution is -0.113. The van der Waals surface area contributed by atoms with E-state index in [1.54, 1.807) is 6.08 Å². The molecule has 1 heterocycles. The van der Waals surface area contributed by atoms with Crippen LogP contribution in [0.4, 0.5) is 0 Å². The molecule has 0 atom stereocenters. The first-order valence-corrected chi connectivity index (χ1v) is 6.31. The van der Waals surface area contributed by atoms with Crippen molar-refractivity contribution in [2.24, 2.45) is 5.73 Å². The second kappa shape index (κ2) is 5.71. The van der Waals surface area contributed by atoms with E-state index in [0.717, 1.165) is 28.7 Å². The number of aliphatic hydroxyl groups is 1. The number of fused-ring (bicyclic) bond motifs is 1. The summed E-state index contributed by atoms with van der Waals surface area (Å²) in [4.78, 5) is 10.9. The molecule has 4 nitrogen and oxygen atoms in total. The number of nitrogens with two attached hydrogens (primary N) is 1. The fraction of sp³-hybridized carbons (Fsp3) is 0.267. The smallest absolute Gasteiger partial charge is 0.241 e. The van der Waals surface area contributed by atoms with Crippen LogP contribution in [0, 0.1) is 6.92 Å². The third-order valence-electron chi connectivity index (χ3n) is 3.23. The van der Waals surface area contributed by atoms with Crippen LogP contribution in [0.3, 0.4) is 0 Å². The van der Waals surface area contributed by atoms with Gasteiger partial charge in [0.1, 0.15) is 0 Å². The highest BCUT2D eigenvalue weighted by Gasteiger charge is 2.11. The zero-order valence-corrected chi connectivity index (χ0v) is 11.0. The molecule has 0 aliphatic heterocycles. The summed E-state index contributed by atoms with van der Waals surface area (Å²) in [5.74, 6) is -0.452. The molecule has 2 rings (SSSR count). The molecule has 0 saturated heterocycles. The Morgan fingerprint density at radius 3 is 2.84 bits per heavy atom. The van der Waals surface area contributed by atoms with Gasteiger partial charge in [0, 0.05) is 41.4 Å². The van der Waals surface area contributed by atoms with Crippen LogP contribution in [0.1, 0.15) is 17.7 Å². The van der Waals surface area contributed by atoms with Crippen molar-refractivity contribution in [3.63, 3.8) is 0 Å². The van der Waals surface area contributed by atoms with Gasteiger partial charge in [-0.25, -0.2) is 0 Å². The highest BCUT2D eigenvalue weighted by atomic mass is 16.3. The largest absolute Gasteiger partial charge is 0.396 e. The zero-order chi connectivity index (χ0) is 13.8. The van der Waals surface area contributed by atoms with Gasteiger partial charge in [-0.05, 0) is 25.5 Å². The predicted molar refractivity (Wildman–Crippen MR) is 76.6 cm³/mol. The minimum absolute atomic E-state index is 0.165. The summed E-state index contributed by atoms with van der Waals surface area (Å²) < 4.78 is 2.16. The molecule has 1 amide bonds. The number of rotatable bonds is 5. The quantitative estimate of drug-likeness (QED) is 0.803. The third-order valence-corrected chi connectivity index (χ3v) is 3.23. The van der Waals surface area contributed by atoms with E-state index in [1.165, 1.54) is 6.08 Å². The standard InChI is InChI=1S/C15H18N2O2/c1-11-12(7-8-15(16)19)13-5-2-3-6-14(13)17(11)9-4-10-18/h2-3,5-8,18H,4,9-10H2,1H3,(H2,16,19)/b8-7+. The van der Waals surface area contributed by atoms with Gasteiger partial charge >= 0.3 is 0 Å². The molecule has 0 fully saturated rings. The fourth-order valence-electron chi connectivity index (χ4n) is 2.35. The first-order valence-electron chi connectivity index (χ1n) is 6.31. The number of hydrogen-bond donors (Lipinski definition) is 2. The number of carbonyl (C=O) groups is 1. The van der Waals surface area contributed by atoms with Crippen LogP contribution < -0.4 is 5.73 Å². The lowest BCUT2D eigenvalue weighted by Gasteiger charge is -2.06. The summed E-state index contributed by atoms with van der Waals surface area (Å²) in [6.45, 7) is 2.93. The van der Waals surface area contributed by atoms with E-state index in [4.69, 9.17) is 10.8 Å². The van der Waals surface area contributed by atoms with Gasteiger partial charge in [0.2, 0.25) is 5.91 Å². The van der Waals surface area contributed by atoms with E-state index in [1.807, 2.05) is 31.2 Å². The Morgan fingerprint density at radius 2 is 2.16 bits per heavy atom. The van der Waals surface area contributed by atoms with E-state index >= 15 is 0 Å². The molecule has 2 aromatic rings. The Morgan fingerprint density at radius 1 is 1.42 bits per heavy atom. The van der Waals surface area contributed by atoms with Gasteiger partial charge in [-0.2, -0.15) is 0 Å². The van der Waals surface area contributed by atoms with Gasteiger partial charge < -0.3 is 15.4 Å². The van der Waals surface area contributed by atoms with Gasteiger partial charge in [0.25, 0.3) is 0 Å². The van der Waals surface area contributed by atoms with E-state index < -0.39 is 5.91 Å². The van der Waals surface area contributed by atoms with Crippen molar-refractivity contribution in [3.05, 3.63) is 41.6 Å². The number of hydrogen-bond acceptors (Lipinski definition) is 2. The van der Waals surface area contributed by atoms with Crippen LogP contribution >= 0.6 is 0 Å². The molecule has 0 unspecified atom stereocenters. The molecule has 0 spiro atoms. The molecule has 19 heavy (non-hydrogen) atoms. The molecule has 0 bridgehead atoms. The van der Waals surface area contributed by atoms with Crippen molar-refractivity contribution in [3.8, 4) is 0 Å². The average Bonchev–Trinajstić information content (AvgIpc) is 2.66. The Kier molecular flexibility index (Phi) is 4.02. The molecule has 0 aliphatic carbocycles. The summed E-state index contributed by atoms with van der Waals surface area (Å²) in [6.07, 6.45) is 3.85. The number of aliphatic hydroxyl groups excluding tert-OH is 1. The third kappa shape index (κ3) is 2.69. The van der Waals surface area contributed by atoms with Crippen LogP contribution in [-0.4, -0.2) is 22.2 Å². The zero-order valence-electron chi connectivity index (χ0n) is 11.0. The van der Waals surface area contributed by atoms with E-state index in [0.29, 0.717) is 6.42 Å². The molecule has 0 saturated carbocycles. The summed E-state index contributed by atoms with van der Waals surface area (Å²) in [6, 6.07) is 8.03. The lowest BCUT2D eigenvalue weighted by atomic mass is 10.1.